The van der Waals surface area contributed by atoms with Gasteiger partial charge in [-0.05, 0) is 59.3 Å². The Morgan fingerprint density at radius 2 is 2.05 bits per heavy atom. The lowest BCUT2D eigenvalue weighted by atomic mass is 9.74. The Kier molecular flexibility index (Phi) is 4.59. The summed E-state index contributed by atoms with van der Waals surface area (Å²) in [7, 11) is 1.82. The molecule has 0 radical (unpaired) electrons. The van der Waals surface area contributed by atoms with Gasteiger partial charge < -0.3 is 14.8 Å². The van der Waals surface area contributed by atoms with Crippen LogP contribution < -0.4 is 5.32 Å². The normalized spacial score (nSPS) is 33.6. The highest BCUT2D eigenvalue weighted by Crippen LogP contribution is 2.50. The van der Waals surface area contributed by atoms with Crippen LogP contribution in [0.4, 0.5) is 0 Å². The van der Waals surface area contributed by atoms with Crippen LogP contribution in [0, 0.1) is 11.3 Å². The first kappa shape index (κ1) is 15.3. The van der Waals surface area contributed by atoms with Crippen LogP contribution in [-0.4, -0.2) is 38.0 Å². The van der Waals surface area contributed by atoms with Crippen LogP contribution in [-0.2, 0) is 9.47 Å². The molecule has 1 N–H and O–H groups in total. The lowest BCUT2D eigenvalue weighted by Crippen LogP contribution is -2.49. The molecule has 19 heavy (non-hydrogen) atoms. The molecule has 0 bridgehead atoms. The maximum atomic E-state index is 6.11. The van der Waals surface area contributed by atoms with Crippen molar-refractivity contribution in [2.45, 2.75) is 71.1 Å². The predicted octanol–water partition coefficient (Wildman–Crippen LogP) is 2.98. The van der Waals surface area contributed by atoms with Crippen LogP contribution >= 0.6 is 0 Å². The molecule has 3 nitrogen and oxygen atoms in total. The van der Waals surface area contributed by atoms with Crippen molar-refractivity contribution in [1.29, 1.82) is 0 Å². The summed E-state index contributed by atoms with van der Waals surface area (Å²) in [5.41, 5.74) is 0.434. The van der Waals surface area contributed by atoms with Gasteiger partial charge in [-0.25, -0.2) is 0 Å². The second-order valence-electron chi connectivity index (χ2n) is 7.60. The molecule has 1 saturated heterocycles. The second kappa shape index (κ2) is 5.71. The van der Waals surface area contributed by atoms with Gasteiger partial charge in [0.05, 0.1) is 12.2 Å². The molecule has 1 saturated carbocycles. The Morgan fingerprint density at radius 1 is 1.37 bits per heavy atom. The van der Waals surface area contributed by atoms with Gasteiger partial charge >= 0.3 is 0 Å². The molecule has 112 valence electrons. The van der Waals surface area contributed by atoms with E-state index >= 15 is 0 Å². The molecule has 1 aliphatic carbocycles. The highest BCUT2D eigenvalue weighted by Gasteiger charge is 2.51. The summed E-state index contributed by atoms with van der Waals surface area (Å²) < 4.78 is 11.6. The van der Waals surface area contributed by atoms with Crippen molar-refractivity contribution < 1.29 is 9.47 Å². The average Bonchev–Trinajstić information content (AvgIpc) is 3.08. The lowest BCUT2D eigenvalue weighted by Gasteiger charge is -2.38. The monoisotopic (exact) mass is 269 g/mol. The first-order valence-electron chi connectivity index (χ1n) is 7.76. The van der Waals surface area contributed by atoms with Gasteiger partial charge in [-0.3, -0.25) is 0 Å². The van der Waals surface area contributed by atoms with Crippen molar-refractivity contribution in [3.8, 4) is 0 Å². The van der Waals surface area contributed by atoms with E-state index in [1.807, 2.05) is 7.11 Å². The van der Waals surface area contributed by atoms with Crippen LogP contribution in [0.25, 0.3) is 0 Å². The number of rotatable bonds is 6. The van der Waals surface area contributed by atoms with Gasteiger partial charge in [0.2, 0.25) is 0 Å². The van der Waals surface area contributed by atoms with E-state index in [1.54, 1.807) is 0 Å². The van der Waals surface area contributed by atoms with Crippen molar-refractivity contribution in [2.75, 3.05) is 20.3 Å². The Balaban J connectivity index is 2.07. The molecule has 0 spiro atoms. The first-order chi connectivity index (χ1) is 8.86. The van der Waals surface area contributed by atoms with Gasteiger partial charge in [0.15, 0.2) is 0 Å². The van der Waals surface area contributed by atoms with Gasteiger partial charge in [0.25, 0.3) is 0 Å². The minimum atomic E-state index is 0.167. The smallest absolute Gasteiger partial charge is 0.0673 e. The molecule has 3 atom stereocenters. The summed E-state index contributed by atoms with van der Waals surface area (Å²) in [5.74, 6) is 0.799. The average molecular weight is 269 g/mol. The molecule has 0 aromatic heterocycles. The van der Waals surface area contributed by atoms with E-state index < -0.39 is 0 Å². The number of hydrogen-bond donors (Lipinski definition) is 1. The zero-order valence-electron chi connectivity index (χ0n) is 13.3. The molecule has 0 aromatic rings. The highest BCUT2D eigenvalue weighted by molar-refractivity contribution is 5.02. The standard InChI is InChI=1S/C16H31NO2/c1-12(18-5)10-16(11-17-15(2,3)4)8-9-19-14(16)13-6-7-13/h12-14,17H,6-11H2,1-5H3. The fourth-order valence-corrected chi connectivity index (χ4v) is 3.32. The van der Waals surface area contributed by atoms with Crippen LogP contribution in [0.1, 0.15) is 53.4 Å². The molecule has 0 aromatic carbocycles. The van der Waals surface area contributed by atoms with E-state index in [4.69, 9.17) is 9.47 Å². The molecule has 2 fully saturated rings. The van der Waals surface area contributed by atoms with E-state index in [2.05, 4.69) is 33.0 Å². The van der Waals surface area contributed by atoms with Gasteiger partial charge in [-0.15, -0.1) is 0 Å². The fraction of sp³-hybridized carbons (Fsp3) is 1.00. The first-order valence-corrected chi connectivity index (χ1v) is 7.76. The number of hydrogen-bond acceptors (Lipinski definition) is 3. The lowest BCUT2D eigenvalue weighted by molar-refractivity contribution is -0.00734. The summed E-state index contributed by atoms with van der Waals surface area (Å²) in [6.07, 6.45) is 5.73. The quantitative estimate of drug-likeness (QED) is 0.804. The summed E-state index contributed by atoms with van der Waals surface area (Å²) in [4.78, 5) is 0. The van der Waals surface area contributed by atoms with E-state index in [1.165, 1.54) is 19.3 Å². The van der Waals surface area contributed by atoms with Crippen LogP contribution in [0.15, 0.2) is 0 Å². The molecular weight excluding hydrogens is 238 g/mol. The van der Waals surface area contributed by atoms with Crippen molar-refractivity contribution >= 4 is 0 Å². The van der Waals surface area contributed by atoms with Crippen molar-refractivity contribution in [3.63, 3.8) is 0 Å². The molecule has 0 amide bonds. The predicted molar refractivity (Wildman–Crippen MR) is 78.4 cm³/mol. The van der Waals surface area contributed by atoms with Gasteiger partial charge in [0, 0.05) is 31.2 Å². The molecule has 3 heteroatoms. The van der Waals surface area contributed by atoms with E-state index in [9.17, 15) is 0 Å². The van der Waals surface area contributed by atoms with E-state index in [0.29, 0.717) is 12.2 Å². The Hall–Kier alpha value is -0.120. The SMILES string of the molecule is COC(C)CC1(CNC(C)(C)C)CCOC1C1CC1. The molecule has 3 unspecified atom stereocenters. The summed E-state index contributed by atoms with van der Waals surface area (Å²) >= 11 is 0. The van der Waals surface area contributed by atoms with Crippen molar-refractivity contribution in [2.24, 2.45) is 11.3 Å². The zero-order valence-corrected chi connectivity index (χ0v) is 13.3. The molecular formula is C16H31NO2. The molecule has 1 aliphatic heterocycles. The Morgan fingerprint density at radius 3 is 2.58 bits per heavy atom. The minimum absolute atomic E-state index is 0.167. The Labute approximate surface area is 118 Å². The van der Waals surface area contributed by atoms with E-state index in [0.717, 1.165) is 25.5 Å². The number of ether oxygens (including phenoxy) is 2. The maximum absolute atomic E-state index is 6.11. The number of nitrogens with one attached hydrogen (secondary N) is 1. The zero-order chi connectivity index (χ0) is 14.1. The van der Waals surface area contributed by atoms with E-state index in [-0.39, 0.29) is 11.0 Å². The van der Waals surface area contributed by atoms with Crippen molar-refractivity contribution in [3.05, 3.63) is 0 Å². The van der Waals surface area contributed by atoms with Crippen molar-refractivity contribution in [1.82, 2.24) is 5.32 Å². The minimum Gasteiger partial charge on any atom is -0.382 e. The fourth-order valence-electron chi connectivity index (χ4n) is 3.32. The third-order valence-electron chi connectivity index (χ3n) is 4.62. The van der Waals surface area contributed by atoms with Crippen LogP contribution in [0.5, 0.6) is 0 Å². The summed E-state index contributed by atoms with van der Waals surface area (Å²) in [5, 5.41) is 3.71. The molecule has 2 aliphatic rings. The van der Waals surface area contributed by atoms with Gasteiger partial charge in [-0.1, -0.05) is 0 Å². The highest BCUT2D eigenvalue weighted by atomic mass is 16.5. The van der Waals surface area contributed by atoms with Gasteiger partial charge in [-0.2, -0.15) is 0 Å². The third kappa shape index (κ3) is 3.93. The largest absolute Gasteiger partial charge is 0.382 e. The summed E-state index contributed by atoms with van der Waals surface area (Å²) in [6.45, 7) is 10.9. The second-order valence-corrected chi connectivity index (χ2v) is 7.60. The van der Waals surface area contributed by atoms with Gasteiger partial charge in [0.1, 0.15) is 0 Å². The third-order valence-corrected chi connectivity index (χ3v) is 4.62. The Bertz CT molecular complexity index is 296. The van der Waals surface area contributed by atoms with Crippen LogP contribution in [0.3, 0.4) is 0 Å². The molecule has 1 heterocycles. The molecule has 2 rings (SSSR count). The summed E-state index contributed by atoms with van der Waals surface area (Å²) in [6, 6.07) is 0. The maximum Gasteiger partial charge on any atom is 0.0673 e. The van der Waals surface area contributed by atoms with Crippen LogP contribution in [0.2, 0.25) is 0 Å². The number of methoxy groups -OCH3 is 1. The topological polar surface area (TPSA) is 30.5 Å².